The first-order valence-corrected chi connectivity index (χ1v) is 10.6. The molecule has 0 aliphatic heterocycles. The number of hydrogen-bond donors (Lipinski definition) is 1. The van der Waals surface area contributed by atoms with Gasteiger partial charge >= 0.3 is 0 Å². The van der Waals surface area contributed by atoms with Gasteiger partial charge in [-0.05, 0) is 47.9 Å². The fourth-order valence-electron chi connectivity index (χ4n) is 3.71. The molecule has 0 radical (unpaired) electrons. The summed E-state index contributed by atoms with van der Waals surface area (Å²) < 4.78 is 20.5. The van der Waals surface area contributed by atoms with E-state index < -0.39 is 6.10 Å². The van der Waals surface area contributed by atoms with E-state index in [0.29, 0.717) is 27.8 Å². The first-order valence-electron chi connectivity index (χ1n) is 10.6. The SMILES string of the molecule is CC(C)c1ccccc1OCC(O)Cn1nc(-c2ccc(F)cc2)c2ccccc2c1=O. The van der Waals surface area contributed by atoms with Crippen molar-refractivity contribution in [2.45, 2.75) is 32.4 Å². The number of aromatic nitrogens is 2. The van der Waals surface area contributed by atoms with Gasteiger partial charge in [0.2, 0.25) is 0 Å². The lowest BCUT2D eigenvalue weighted by molar-refractivity contribution is 0.0876. The third-order valence-electron chi connectivity index (χ3n) is 5.34. The Morgan fingerprint density at radius 1 is 0.969 bits per heavy atom. The maximum Gasteiger partial charge on any atom is 0.274 e. The summed E-state index contributed by atoms with van der Waals surface area (Å²) in [6, 6.07) is 20.8. The van der Waals surface area contributed by atoms with Crippen LogP contribution < -0.4 is 10.3 Å². The van der Waals surface area contributed by atoms with Crippen molar-refractivity contribution in [2.75, 3.05) is 6.61 Å². The third-order valence-corrected chi connectivity index (χ3v) is 5.34. The molecule has 32 heavy (non-hydrogen) atoms. The molecule has 1 unspecified atom stereocenters. The number of fused-ring (bicyclic) bond motifs is 1. The van der Waals surface area contributed by atoms with Gasteiger partial charge in [0, 0.05) is 10.9 Å². The van der Waals surface area contributed by atoms with Crippen LogP contribution in [-0.2, 0) is 6.54 Å². The second-order valence-electron chi connectivity index (χ2n) is 8.05. The monoisotopic (exact) mass is 432 g/mol. The first kappa shape index (κ1) is 21.7. The van der Waals surface area contributed by atoms with E-state index in [4.69, 9.17) is 4.74 Å². The number of aliphatic hydroxyl groups is 1. The number of aliphatic hydroxyl groups excluding tert-OH is 1. The number of benzene rings is 3. The topological polar surface area (TPSA) is 64.3 Å². The molecular formula is C26H25FN2O3. The lowest BCUT2D eigenvalue weighted by Gasteiger charge is -2.18. The lowest BCUT2D eigenvalue weighted by Crippen LogP contribution is -2.32. The maximum atomic E-state index is 13.4. The minimum atomic E-state index is -0.942. The Morgan fingerprint density at radius 2 is 1.62 bits per heavy atom. The Morgan fingerprint density at radius 3 is 2.34 bits per heavy atom. The summed E-state index contributed by atoms with van der Waals surface area (Å²) >= 11 is 0. The molecule has 5 nitrogen and oxygen atoms in total. The molecule has 1 heterocycles. The molecule has 0 aliphatic carbocycles. The van der Waals surface area contributed by atoms with E-state index >= 15 is 0 Å². The van der Waals surface area contributed by atoms with Gasteiger partial charge in [-0.2, -0.15) is 5.10 Å². The number of rotatable bonds is 7. The predicted molar refractivity (Wildman–Crippen MR) is 123 cm³/mol. The van der Waals surface area contributed by atoms with Crippen molar-refractivity contribution in [3.05, 3.63) is 94.5 Å². The van der Waals surface area contributed by atoms with E-state index in [-0.39, 0.29) is 30.4 Å². The van der Waals surface area contributed by atoms with Crippen molar-refractivity contribution < 1.29 is 14.2 Å². The molecule has 1 aromatic heterocycles. The van der Waals surface area contributed by atoms with Crippen LogP contribution >= 0.6 is 0 Å². The number of ether oxygens (including phenoxy) is 1. The number of halogens is 1. The van der Waals surface area contributed by atoms with Crippen molar-refractivity contribution in [2.24, 2.45) is 0 Å². The predicted octanol–water partition coefficient (Wildman–Crippen LogP) is 4.77. The third kappa shape index (κ3) is 4.55. The van der Waals surface area contributed by atoms with Crippen LogP contribution in [0.1, 0.15) is 25.3 Å². The molecule has 6 heteroatoms. The Labute approximate surface area is 185 Å². The van der Waals surface area contributed by atoms with E-state index in [9.17, 15) is 14.3 Å². The summed E-state index contributed by atoms with van der Waals surface area (Å²) in [5.74, 6) is 0.652. The fraction of sp³-hybridized carbons (Fsp3) is 0.231. The smallest absolute Gasteiger partial charge is 0.274 e. The van der Waals surface area contributed by atoms with E-state index in [1.54, 1.807) is 24.3 Å². The Balaban J connectivity index is 1.62. The van der Waals surface area contributed by atoms with Crippen molar-refractivity contribution in [3.8, 4) is 17.0 Å². The highest BCUT2D eigenvalue weighted by Gasteiger charge is 2.16. The van der Waals surface area contributed by atoms with E-state index in [2.05, 4.69) is 18.9 Å². The maximum absolute atomic E-state index is 13.4. The summed E-state index contributed by atoms with van der Waals surface area (Å²) in [6.45, 7) is 4.15. The average Bonchev–Trinajstić information content (AvgIpc) is 2.80. The highest BCUT2D eigenvalue weighted by Crippen LogP contribution is 2.26. The molecule has 0 saturated heterocycles. The minimum Gasteiger partial charge on any atom is -0.491 e. The Bertz CT molecular complexity index is 1280. The van der Waals surface area contributed by atoms with Crippen LogP contribution in [0.3, 0.4) is 0 Å². The van der Waals surface area contributed by atoms with Crippen molar-refractivity contribution in [1.29, 1.82) is 0 Å². The Kier molecular flexibility index (Phi) is 6.32. The average molecular weight is 432 g/mol. The number of nitrogens with zero attached hydrogens (tertiary/aromatic N) is 2. The van der Waals surface area contributed by atoms with E-state index in [1.165, 1.54) is 16.8 Å². The molecule has 0 spiro atoms. The summed E-state index contributed by atoms with van der Waals surface area (Å²) in [6.07, 6.45) is -0.942. The van der Waals surface area contributed by atoms with E-state index in [0.717, 1.165) is 5.56 Å². The lowest BCUT2D eigenvalue weighted by atomic mass is 10.0. The zero-order valence-corrected chi connectivity index (χ0v) is 18.0. The molecule has 1 atom stereocenters. The first-order chi connectivity index (χ1) is 15.4. The molecule has 0 aliphatic rings. The molecule has 0 amide bonds. The summed E-state index contributed by atoms with van der Waals surface area (Å²) in [5.41, 5.74) is 2.00. The summed E-state index contributed by atoms with van der Waals surface area (Å²) in [5, 5.41) is 16.3. The van der Waals surface area contributed by atoms with Gasteiger partial charge in [0.15, 0.2) is 0 Å². The quantitative estimate of drug-likeness (QED) is 0.457. The fourth-order valence-corrected chi connectivity index (χ4v) is 3.71. The summed E-state index contributed by atoms with van der Waals surface area (Å²) in [4.78, 5) is 13.0. The van der Waals surface area contributed by atoms with Crippen LogP contribution in [0, 0.1) is 5.82 Å². The number of para-hydroxylation sites is 1. The molecular weight excluding hydrogens is 407 g/mol. The van der Waals surface area contributed by atoms with Crippen LogP contribution in [-0.4, -0.2) is 27.6 Å². The molecule has 0 saturated carbocycles. The van der Waals surface area contributed by atoms with Gasteiger partial charge in [0.05, 0.1) is 17.6 Å². The van der Waals surface area contributed by atoms with Crippen molar-refractivity contribution in [1.82, 2.24) is 9.78 Å². The normalized spacial score (nSPS) is 12.3. The van der Waals surface area contributed by atoms with Crippen LogP contribution in [0.2, 0.25) is 0 Å². The van der Waals surface area contributed by atoms with Crippen LogP contribution in [0.5, 0.6) is 5.75 Å². The van der Waals surface area contributed by atoms with Crippen molar-refractivity contribution in [3.63, 3.8) is 0 Å². The van der Waals surface area contributed by atoms with Crippen molar-refractivity contribution >= 4 is 10.8 Å². The molecule has 0 bridgehead atoms. The van der Waals surface area contributed by atoms with Gasteiger partial charge in [-0.15, -0.1) is 0 Å². The van der Waals surface area contributed by atoms with Gasteiger partial charge in [0.25, 0.3) is 5.56 Å². The van der Waals surface area contributed by atoms with Gasteiger partial charge < -0.3 is 9.84 Å². The number of hydrogen-bond acceptors (Lipinski definition) is 4. The molecule has 4 aromatic rings. The zero-order chi connectivity index (χ0) is 22.7. The second kappa shape index (κ2) is 9.32. The van der Waals surface area contributed by atoms with Crippen LogP contribution in [0.4, 0.5) is 4.39 Å². The minimum absolute atomic E-state index is 0.0244. The van der Waals surface area contributed by atoms with Gasteiger partial charge in [0.1, 0.15) is 24.3 Å². The zero-order valence-electron chi connectivity index (χ0n) is 18.0. The molecule has 1 N–H and O–H groups in total. The highest BCUT2D eigenvalue weighted by atomic mass is 19.1. The molecule has 164 valence electrons. The van der Waals surface area contributed by atoms with Crippen LogP contribution in [0.15, 0.2) is 77.6 Å². The molecule has 3 aromatic carbocycles. The van der Waals surface area contributed by atoms with Crippen LogP contribution in [0.25, 0.3) is 22.0 Å². The standard InChI is InChI=1S/C26H25FN2O3/c1-17(2)21-7-5-6-10-24(21)32-16-20(30)15-29-26(31)23-9-4-3-8-22(23)25(28-29)18-11-13-19(27)14-12-18/h3-14,17,20,30H,15-16H2,1-2H3. The van der Waals surface area contributed by atoms with Gasteiger partial charge in [-0.25, -0.2) is 9.07 Å². The second-order valence-corrected chi connectivity index (χ2v) is 8.05. The molecule has 4 rings (SSSR count). The van der Waals surface area contributed by atoms with Gasteiger partial charge in [-0.1, -0.05) is 50.2 Å². The van der Waals surface area contributed by atoms with E-state index in [1.807, 2.05) is 36.4 Å². The Hall–Kier alpha value is -3.51. The van der Waals surface area contributed by atoms with Gasteiger partial charge in [-0.3, -0.25) is 4.79 Å². The largest absolute Gasteiger partial charge is 0.491 e. The summed E-state index contributed by atoms with van der Waals surface area (Å²) in [7, 11) is 0. The molecule has 0 fully saturated rings. The highest BCUT2D eigenvalue weighted by molar-refractivity contribution is 5.93.